The second kappa shape index (κ2) is 4.42. The van der Waals surface area contributed by atoms with Crippen molar-refractivity contribution in [1.82, 2.24) is 4.90 Å². The second-order valence-electron chi connectivity index (χ2n) is 3.17. The summed E-state index contributed by atoms with van der Waals surface area (Å²) in [5.41, 5.74) is 5.10. The average molecular weight is 172 g/mol. The van der Waals surface area contributed by atoms with Gasteiger partial charge in [-0.2, -0.15) is 0 Å². The minimum absolute atomic E-state index is 0.228. The van der Waals surface area contributed by atoms with Gasteiger partial charge in [0.05, 0.1) is 13.2 Å². The fourth-order valence-corrected chi connectivity index (χ4v) is 1.44. The van der Waals surface area contributed by atoms with E-state index < -0.39 is 0 Å². The molecular weight excluding hydrogens is 156 g/mol. The van der Waals surface area contributed by atoms with Crippen LogP contribution in [0.5, 0.6) is 0 Å². The van der Waals surface area contributed by atoms with Crippen LogP contribution in [0.25, 0.3) is 0 Å². The molecule has 4 heteroatoms. The number of rotatable bonds is 3. The highest BCUT2D eigenvalue weighted by atomic mass is 16.5. The summed E-state index contributed by atoms with van der Waals surface area (Å²) in [5, 5.41) is 0. The topological polar surface area (TPSA) is 55.6 Å². The molecule has 1 saturated heterocycles. The third kappa shape index (κ3) is 2.79. The molecule has 0 aromatic carbocycles. The third-order valence-corrected chi connectivity index (χ3v) is 2.17. The summed E-state index contributed by atoms with van der Waals surface area (Å²) >= 11 is 0. The third-order valence-electron chi connectivity index (χ3n) is 2.17. The lowest BCUT2D eigenvalue weighted by molar-refractivity contribution is -0.119. The van der Waals surface area contributed by atoms with Gasteiger partial charge in [0.25, 0.3) is 0 Å². The molecule has 0 bridgehead atoms. The minimum Gasteiger partial charge on any atom is -0.379 e. The number of ether oxygens (including phenoxy) is 1. The van der Waals surface area contributed by atoms with Crippen LogP contribution in [0.3, 0.4) is 0 Å². The van der Waals surface area contributed by atoms with Crippen molar-refractivity contribution < 1.29 is 9.53 Å². The van der Waals surface area contributed by atoms with Crippen molar-refractivity contribution >= 4 is 5.91 Å². The Hall–Kier alpha value is -0.610. The van der Waals surface area contributed by atoms with Crippen molar-refractivity contribution in [1.29, 1.82) is 0 Å². The highest BCUT2D eigenvalue weighted by Gasteiger charge is 2.17. The average Bonchev–Trinajstić information content (AvgIpc) is 2.05. The molecule has 0 saturated carbocycles. The predicted octanol–water partition coefficient (Wildman–Crippen LogP) is -0.417. The number of primary amides is 1. The van der Waals surface area contributed by atoms with E-state index in [9.17, 15) is 4.79 Å². The highest BCUT2D eigenvalue weighted by molar-refractivity contribution is 5.74. The lowest BCUT2D eigenvalue weighted by Gasteiger charge is -2.31. The number of nitrogens with two attached hydrogens (primary N) is 1. The van der Waals surface area contributed by atoms with Crippen molar-refractivity contribution in [2.75, 3.05) is 26.3 Å². The largest absolute Gasteiger partial charge is 0.379 e. The Kier molecular flexibility index (Phi) is 3.49. The second-order valence-corrected chi connectivity index (χ2v) is 3.17. The van der Waals surface area contributed by atoms with E-state index in [1.54, 1.807) is 0 Å². The van der Waals surface area contributed by atoms with Crippen LogP contribution in [-0.4, -0.2) is 43.2 Å². The molecule has 0 aliphatic carbocycles. The maximum absolute atomic E-state index is 10.6. The number of hydrogen-bond acceptors (Lipinski definition) is 3. The number of nitrogens with zero attached hydrogens (tertiary/aromatic N) is 1. The summed E-state index contributed by atoms with van der Waals surface area (Å²) in [6, 6.07) is 0.256. The molecule has 1 aliphatic rings. The maximum Gasteiger partial charge on any atom is 0.218 e. The lowest BCUT2D eigenvalue weighted by Crippen LogP contribution is -2.43. The van der Waals surface area contributed by atoms with Crippen LogP contribution in [0.4, 0.5) is 0 Å². The first-order valence-electron chi connectivity index (χ1n) is 4.30. The van der Waals surface area contributed by atoms with Gasteiger partial charge in [0, 0.05) is 25.6 Å². The molecule has 12 heavy (non-hydrogen) atoms. The Balaban J connectivity index is 2.29. The molecule has 2 N–H and O–H groups in total. The minimum atomic E-state index is -0.228. The lowest BCUT2D eigenvalue weighted by atomic mass is 10.2. The van der Waals surface area contributed by atoms with Gasteiger partial charge in [-0.15, -0.1) is 0 Å². The number of carbonyl (C=O) groups excluding carboxylic acids is 1. The van der Waals surface area contributed by atoms with Gasteiger partial charge in [0.15, 0.2) is 0 Å². The Labute approximate surface area is 72.7 Å². The molecule has 70 valence electrons. The predicted molar refractivity (Wildman–Crippen MR) is 45.7 cm³/mol. The van der Waals surface area contributed by atoms with Crippen LogP contribution in [0.2, 0.25) is 0 Å². The Morgan fingerprint density at radius 3 is 2.67 bits per heavy atom. The van der Waals surface area contributed by atoms with E-state index in [0.29, 0.717) is 6.42 Å². The molecule has 1 amide bonds. The van der Waals surface area contributed by atoms with Gasteiger partial charge < -0.3 is 10.5 Å². The fraction of sp³-hybridized carbons (Fsp3) is 0.875. The first-order valence-corrected chi connectivity index (χ1v) is 4.30. The summed E-state index contributed by atoms with van der Waals surface area (Å²) in [7, 11) is 0. The van der Waals surface area contributed by atoms with Crippen molar-refractivity contribution in [3.8, 4) is 0 Å². The van der Waals surface area contributed by atoms with Crippen molar-refractivity contribution in [2.24, 2.45) is 5.73 Å². The maximum atomic E-state index is 10.6. The Morgan fingerprint density at radius 1 is 1.58 bits per heavy atom. The van der Waals surface area contributed by atoms with Gasteiger partial charge in [-0.05, 0) is 6.92 Å². The summed E-state index contributed by atoms with van der Waals surface area (Å²) in [6.45, 7) is 5.38. The summed E-state index contributed by atoms with van der Waals surface area (Å²) in [6.07, 6.45) is 0.444. The van der Waals surface area contributed by atoms with Crippen LogP contribution in [0.15, 0.2) is 0 Å². The summed E-state index contributed by atoms with van der Waals surface area (Å²) < 4.78 is 5.20. The quantitative estimate of drug-likeness (QED) is 0.629. The van der Waals surface area contributed by atoms with Gasteiger partial charge in [-0.25, -0.2) is 0 Å². The summed E-state index contributed by atoms with van der Waals surface area (Å²) in [5.74, 6) is -0.228. The number of amides is 1. The monoisotopic (exact) mass is 172 g/mol. The molecule has 0 spiro atoms. The molecule has 1 atom stereocenters. The van der Waals surface area contributed by atoms with Crippen LogP contribution >= 0.6 is 0 Å². The van der Waals surface area contributed by atoms with Gasteiger partial charge in [0.1, 0.15) is 0 Å². The van der Waals surface area contributed by atoms with Crippen LogP contribution in [0.1, 0.15) is 13.3 Å². The van der Waals surface area contributed by atoms with Crippen molar-refractivity contribution in [3.63, 3.8) is 0 Å². The molecule has 0 aromatic heterocycles. The van der Waals surface area contributed by atoms with Gasteiger partial charge in [0.2, 0.25) is 5.91 Å². The van der Waals surface area contributed by atoms with Crippen molar-refractivity contribution in [2.45, 2.75) is 19.4 Å². The van der Waals surface area contributed by atoms with Crippen molar-refractivity contribution in [3.05, 3.63) is 0 Å². The first-order chi connectivity index (χ1) is 5.70. The zero-order chi connectivity index (χ0) is 8.97. The van der Waals surface area contributed by atoms with Crippen LogP contribution in [-0.2, 0) is 9.53 Å². The molecule has 1 fully saturated rings. The molecule has 1 aliphatic heterocycles. The molecule has 0 aromatic rings. The smallest absolute Gasteiger partial charge is 0.218 e. The molecular formula is C8H16N2O2. The zero-order valence-electron chi connectivity index (χ0n) is 7.45. The molecule has 1 unspecified atom stereocenters. The Morgan fingerprint density at radius 2 is 2.17 bits per heavy atom. The highest BCUT2D eigenvalue weighted by Crippen LogP contribution is 2.05. The fourth-order valence-electron chi connectivity index (χ4n) is 1.44. The first kappa shape index (κ1) is 9.48. The van der Waals surface area contributed by atoms with E-state index in [1.165, 1.54) is 0 Å². The van der Waals surface area contributed by atoms with E-state index in [1.807, 2.05) is 6.92 Å². The molecule has 0 radical (unpaired) electrons. The SMILES string of the molecule is CC(CC(N)=O)N1CCOCC1. The van der Waals surface area contributed by atoms with Crippen LogP contribution in [0, 0.1) is 0 Å². The van der Waals surface area contributed by atoms with Crippen LogP contribution < -0.4 is 5.73 Å². The van der Waals surface area contributed by atoms with E-state index in [4.69, 9.17) is 10.5 Å². The van der Waals surface area contributed by atoms with E-state index in [-0.39, 0.29) is 11.9 Å². The normalized spacial score (nSPS) is 22.1. The van der Waals surface area contributed by atoms with E-state index in [2.05, 4.69) is 4.90 Å². The standard InChI is InChI=1S/C8H16N2O2/c1-7(6-8(9)11)10-2-4-12-5-3-10/h7H,2-6H2,1H3,(H2,9,11). The van der Waals surface area contributed by atoms with E-state index >= 15 is 0 Å². The Bertz CT molecular complexity index is 155. The number of morpholine rings is 1. The number of carbonyl (C=O) groups is 1. The number of hydrogen-bond donors (Lipinski definition) is 1. The summed E-state index contributed by atoms with van der Waals surface area (Å²) in [4.78, 5) is 12.8. The van der Waals surface area contributed by atoms with Gasteiger partial charge in [-0.3, -0.25) is 9.69 Å². The zero-order valence-corrected chi connectivity index (χ0v) is 7.45. The van der Waals surface area contributed by atoms with Gasteiger partial charge >= 0.3 is 0 Å². The molecule has 4 nitrogen and oxygen atoms in total. The molecule has 1 heterocycles. The molecule has 1 rings (SSSR count). The van der Waals surface area contributed by atoms with E-state index in [0.717, 1.165) is 26.3 Å². The van der Waals surface area contributed by atoms with Gasteiger partial charge in [-0.1, -0.05) is 0 Å².